The number of nitrogens with one attached hydrogen (secondary N) is 1. The number of hydrogen-bond donors (Lipinski definition) is 2. The van der Waals surface area contributed by atoms with Crippen molar-refractivity contribution >= 4 is 22.6 Å². The maximum atomic E-state index is 12.9. The predicted molar refractivity (Wildman–Crippen MR) is 164 cm³/mol. The number of likely N-dealkylation sites (N-methyl/N-ethyl adjacent to an activating group) is 1. The van der Waals surface area contributed by atoms with E-state index in [1.807, 2.05) is 48.3 Å². The molecule has 4 aromatic rings. The lowest BCUT2D eigenvalue weighted by Gasteiger charge is -2.35. The number of piperidine rings is 2. The van der Waals surface area contributed by atoms with Crippen molar-refractivity contribution in [3.8, 4) is 22.6 Å². The Balaban J connectivity index is 1.11. The first-order valence-electron chi connectivity index (χ1n) is 14.8. The number of aromatic nitrogens is 3. The van der Waals surface area contributed by atoms with Gasteiger partial charge in [-0.3, -0.25) is 9.11 Å². The van der Waals surface area contributed by atoms with Crippen LogP contribution in [-0.4, -0.2) is 73.9 Å². The highest BCUT2D eigenvalue weighted by Crippen LogP contribution is 2.38. The van der Waals surface area contributed by atoms with Crippen molar-refractivity contribution < 1.29 is 13.7 Å². The van der Waals surface area contributed by atoms with Gasteiger partial charge in [-0.2, -0.15) is 4.98 Å². The first kappa shape index (κ1) is 27.2. The summed E-state index contributed by atoms with van der Waals surface area (Å²) >= 11 is 0. The van der Waals surface area contributed by atoms with Crippen LogP contribution in [0.25, 0.3) is 22.6 Å². The van der Waals surface area contributed by atoms with Gasteiger partial charge in [0.05, 0.1) is 16.5 Å². The van der Waals surface area contributed by atoms with Gasteiger partial charge in [-0.1, -0.05) is 60.7 Å². The van der Waals surface area contributed by atoms with Gasteiger partial charge in [0.1, 0.15) is 22.6 Å². The number of nitrogens with zero attached hydrogens (tertiary/aromatic N) is 5. The zero-order chi connectivity index (χ0) is 28.6. The maximum absolute atomic E-state index is 12.9. The van der Waals surface area contributed by atoms with Gasteiger partial charge < -0.3 is 19.7 Å². The maximum Gasteiger partial charge on any atom is 0.227 e. The van der Waals surface area contributed by atoms with Gasteiger partial charge >= 0.3 is 0 Å². The first-order valence-corrected chi connectivity index (χ1v) is 16.2. The molecule has 0 bridgehead atoms. The van der Waals surface area contributed by atoms with Gasteiger partial charge in [-0.05, 0) is 32.7 Å². The molecule has 5 heterocycles. The fourth-order valence-corrected chi connectivity index (χ4v) is 7.59. The molecule has 0 aliphatic carbocycles. The van der Waals surface area contributed by atoms with Crippen LogP contribution < -0.4 is 10.2 Å². The molecule has 2 saturated heterocycles. The highest BCUT2D eigenvalue weighted by molar-refractivity contribution is 7.85. The topological polar surface area (TPSA) is 108 Å². The van der Waals surface area contributed by atoms with Gasteiger partial charge in [-0.15, -0.1) is 0 Å². The number of likely N-dealkylation sites (tertiary alicyclic amines) is 1. The Morgan fingerprint density at radius 3 is 2.36 bits per heavy atom. The molecule has 9 nitrogen and oxygen atoms in total. The van der Waals surface area contributed by atoms with Crippen LogP contribution in [0.5, 0.6) is 0 Å². The number of aliphatic hydroxyl groups is 1. The summed E-state index contributed by atoms with van der Waals surface area (Å²) in [5, 5.41) is 13.7. The van der Waals surface area contributed by atoms with E-state index in [4.69, 9.17) is 19.4 Å². The van der Waals surface area contributed by atoms with Crippen LogP contribution in [0.3, 0.4) is 0 Å². The van der Waals surface area contributed by atoms with E-state index in [2.05, 4.69) is 34.5 Å². The Morgan fingerprint density at radius 2 is 1.64 bits per heavy atom. The number of rotatable bonds is 6. The van der Waals surface area contributed by atoms with E-state index in [0.29, 0.717) is 36.9 Å². The third kappa shape index (κ3) is 5.34. The molecule has 218 valence electrons. The quantitative estimate of drug-likeness (QED) is 0.334. The Morgan fingerprint density at radius 1 is 0.929 bits per heavy atom. The van der Waals surface area contributed by atoms with Crippen LogP contribution in [0.4, 0.5) is 11.8 Å². The minimum absolute atomic E-state index is 0.135. The molecule has 0 amide bonds. The number of aryl methyl sites for hydroxylation is 1. The molecule has 3 aliphatic rings. The van der Waals surface area contributed by atoms with E-state index in [0.717, 1.165) is 71.4 Å². The summed E-state index contributed by atoms with van der Waals surface area (Å²) < 4.78 is 19.4. The SMILES string of the molecule is CN1C[C@@H](Nc2nc(N3CCC(c4nc(-c5ccccc5)c(-c5ccccc5)o4)CC3)nc3c2S(=O)CC3)CCC1O. The zero-order valence-electron chi connectivity index (χ0n) is 23.8. The number of fused-ring (bicyclic) bond motifs is 1. The highest BCUT2D eigenvalue weighted by atomic mass is 32.2. The summed E-state index contributed by atoms with van der Waals surface area (Å²) in [4.78, 5) is 19.8. The third-order valence-corrected chi connectivity index (χ3v) is 10.1. The smallest absolute Gasteiger partial charge is 0.227 e. The van der Waals surface area contributed by atoms with Crippen molar-refractivity contribution in [2.75, 3.05) is 42.7 Å². The Labute approximate surface area is 248 Å². The summed E-state index contributed by atoms with van der Waals surface area (Å²) in [6.45, 7) is 2.28. The minimum atomic E-state index is -1.09. The van der Waals surface area contributed by atoms with Crippen LogP contribution in [-0.2, 0) is 17.2 Å². The Hall–Kier alpha value is -3.60. The third-order valence-electron chi connectivity index (χ3n) is 8.66. The Kier molecular flexibility index (Phi) is 7.52. The molecule has 2 unspecified atom stereocenters. The standard InChI is InChI=1S/C32H36N6O3S/c1-37-20-24(12-13-26(37)39)33-30-29-25(16-19-42(29)40)34-32(36-30)38-17-14-23(15-18-38)31-35-27(21-8-4-2-5-9-21)28(41-31)22-10-6-3-7-11-22/h2-11,23-24,26,39H,12-20H2,1H3,(H,33,34,36)/t24-,26?,42?/m0/s1. The van der Waals surface area contributed by atoms with Crippen LogP contribution in [0.2, 0.25) is 0 Å². The van der Waals surface area contributed by atoms with Crippen molar-refractivity contribution in [2.45, 2.75) is 55.2 Å². The second-order valence-electron chi connectivity index (χ2n) is 11.5. The zero-order valence-corrected chi connectivity index (χ0v) is 24.6. The van der Waals surface area contributed by atoms with Gasteiger partial charge in [0.15, 0.2) is 11.7 Å². The van der Waals surface area contributed by atoms with Crippen molar-refractivity contribution in [2.24, 2.45) is 0 Å². The van der Waals surface area contributed by atoms with Gasteiger partial charge in [-0.25, -0.2) is 9.97 Å². The van der Waals surface area contributed by atoms with Crippen molar-refractivity contribution in [3.05, 3.63) is 72.2 Å². The monoisotopic (exact) mass is 584 g/mol. The summed E-state index contributed by atoms with van der Waals surface area (Å²) in [6.07, 6.45) is 3.58. The molecule has 2 aromatic carbocycles. The molecule has 7 rings (SSSR count). The fourth-order valence-electron chi connectivity index (χ4n) is 6.28. The number of aliphatic hydroxyl groups excluding tert-OH is 1. The molecule has 3 atom stereocenters. The summed E-state index contributed by atoms with van der Waals surface area (Å²) in [5.41, 5.74) is 3.84. The average Bonchev–Trinajstić information content (AvgIpc) is 3.64. The molecule has 42 heavy (non-hydrogen) atoms. The highest BCUT2D eigenvalue weighted by Gasteiger charge is 2.32. The van der Waals surface area contributed by atoms with Gasteiger partial charge in [0, 0.05) is 54.9 Å². The van der Waals surface area contributed by atoms with Crippen molar-refractivity contribution in [3.63, 3.8) is 0 Å². The lowest BCUT2D eigenvalue weighted by Crippen LogP contribution is -2.46. The first-order chi connectivity index (χ1) is 20.5. The van der Waals surface area contributed by atoms with Crippen LogP contribution in [0, 0.1) is 0 Å². The van der Waals surface area contributed by atoms with Crippen LogP contribution >= 0.6 is 0 Å². The van der Waals surface area contributed by atoms with E-state index in [1.165, 1.54) is 0 Å². The van der Waals surface area contributed by atoms with E-state index in [9.17, 15) is 9.32 Å². The molecule has 2 N–H and O–H groups in total. The predicted octanol–water partition coefficient (Wildman–Crippen LogP) is 4.67. The summed E-state index contributed by atoms with van der Waals surface area (Å²) in [7, 11) is 0.832. The normalized spacial score (nSPS) is 23.2. The molecule has 3 aliphatic heterocycles. The van der Waals surface area contributed by atoms with E-state index < -0.39 is 17.0 Å². The molecule has 2 fully saturated rings. The van der Waals surface area contributed by atoms with Crippen LogP contribution in [0.1, 0.15) is 43.2 Å². The molecule has 0 radical (unpaired) electrons. The van der Waals surface area contributed by atoms with Crippen molar-refractivity contribution in [1.29, 1.82) is 0 Å². The summed E-state index contributed by atoms with van der Waals surface area (Å²) in [5.74, 6) is 3.76. The Bertz CT molecular complexity index is 1520. The summed E-state index contributed by atoms with van der Waals surface area (Å²) in [6, 6.07) is 20.6. The molecular weight excluding hydrogens is 548 g/mol. The van der Waals surface area contributed by atoms with E-state index in [-0.39, 0.29) is 12.0 Å². The van der Waals surface area contributed by atoms with Crippen LogP contribution in [0.15, 0.2) is 70.0 Å². The number of anilines is 2. The largest absolute Gasteiger partial charge is 0.440 e. The fraction of sp³-hybridized carbons (Fsp3) is 0.406. The molecule has 0 saturated carbocycles. The lowest BCUT2D eigenvalue weighted by molar-refractivity contribution is -0.00958. The molecule has 10 heteroatoms. The van der Waals surface area contributed by atoms with E-state index in [1.54, 1.807) is 0 Å². The number of oxazole rings is 1. The number of hydrogen-bond acceptors (Lipinski definition) is 9. The second kappa shape index (κ2) is 11.6. The lowest BCUT2D eigenvalue weighted by atomic mass is 9.97. The van der Waals surface area contributed by atoms with Gasteiger partial charge in [0.2, 0.25) is 5.95 Å². The average molecular weight is 585 g/mol. The van der Waals surface area contributed by atoms with Gasteiger partial charge in [0.25, 0.3) is 0 Å². The molecule has 2 aromatic heterocycles. The number of benzene rings is 2. The molecular formula is C32H36N6O3S. The second-order valence-corrected chi connectivity index (χ2v) is 13.0. The molecule has 0 spiro atoms. The van der Waals surface area contributed by atoms with Crippen molar-refractivity contribution in [1.82, 2.24) is 19.9 Å². The van der Waals surface area contributed by atoms with E-state index >= 15 is 0 Å². The minimum Gasteiger partial charge on any atom is -0.440 e.